The smallest absolute Gasteiger partial charge is 0.191 e. The highest BCUT2D eigenvalue weighted by molar-refractivity contribution is 7.99. The minimum absolute atomic E-state index is 0.239. The van der Waals surface area contributed by atoms with Crippen molar-refractivity contribution in [1.82, 2.24) is 15.5 Å². The number of morpholine rings is 1. The van der Waals surface area contributed by atoms with E-state index in [2.05, 4.69) is 32.3 Å². The molecule has 0 aromatic heterocycles. The number of aliphatic imine (C=N–C) groups is 1. The lowest BCUT2D eigenvalue weighted by Crippen LogP contribution is -2.60. The van der Waals surface area contributed by atoms with Crippen LogP contribution in [-0.4, -0.2) is 87.1 Å². The van der Waals surface area contributed by atoms with Crippen molar-refractivity contribution >= 4 is 17.7 Å². The molecule has 0 aromatic carbocycles. The Bertz CT molecular complexity index is 443. The Morgan fingerprint density at radius 2 is 1.96 bits per heavy atom. The van der Waals surface area contributed by atoms with E-state index in [1.807, 2.05) is 7.05 Å². The van der Waals surface area contributed by atoms with E-state index in [1.54, 1.807) is 0 Å². The third-order valence-corrected chi connectivity index (χ3v) is 7.36. The minimum Gasteiger partial charge on any atom is -0.379 e. The Morgan fingerprint density at radius 1 is 1.19 bits per heavy atom. The number of nitrogens with one attached hydrogen (secondary N) is 2. The molecule has 27 heavy (non-hydrogen) atoms. The lowest BCUT2D eigenvalue weighted by molar-refractivity contribution is -0.0120. The maximum Gasteiger partial charge on any atom is 0.191 e. The Kier molecular flexibility index (Phi) is 9.03. The number of hydrogen-bond acceptors (Lipinski definition) is 5. The van der Waals surface area contributed by atoms with Gasteiger partial charge in [-0.1, -0.05) is 25.7 Å². The molecule has 1 saturated carbocycles. The quantitative estimate of drug-likeness (QED) is 0.296. The molecular weight excluding hydrogens is 360 g/mol. The van der Waals surface area contributed by atoms with Crippen LogP contribution in [0.5, 0.6) is 0 Å². The molecular formula is C20H38N4O2S. The molecule has 1 unspecified atom stereocenters. The van der Waals surface area contributed by atoms with Crippen LogP contribution in [0.3, 0.4) is 0 Å². The molecule has 0 aromatic rings. The van der Waals surface area contributed by atoms with Gasteiger partial charge in [-0.25, -0.2) is 0 Å². The van der Waals surface area contributed by atoms with Crippen molar-refractivity contribution in [2.75, 3.05) is 64.6 Å². The SMILES string of the molecule is CN=C(NCCOC1CCCCCC1)NCC1(N2CCOCC2)CCSC1. The fourth-order valence-corrected chi connectivity index (χ4v) is 5.88. The summed E-state index contributed by atoms with van der Waals surface area (Å²) in [5, 5.41) is 7.02. The molecule has 2 saturated heterocycles. The van der Waals surface area contributed by atoms with Gasteiger partial charge in [-0.3, -0.25) is 9.89 Å². The maximum atomic E-state index is 6.08. The van der Waals surface area contributed by atoms with Gasteiger partial charge in [-0.05, 0) is 25.0 Å². The average molecular weight is 399 g/mol. The van der Waals surface area contributed by atoms with Crippen LogP contribution in [0.25, 0.3) is 0 Å². The van der Waals surface area contributed by atoms with Crippen molar-refractivity contribution in [3.05, 3.63) is 0 Å². The zero-order valence-corrected chi connectivity index (χ0v) is 17.8. The minimum atomic E-state index is 0.239. The molecule has 1 aliphatic carbocycles. The average Bonchev–Trinajstić information content (AvgIpc) is 3.05. The second-order valence-corrected chi connectivity index (χ2v) is 9.07. The molecule has 0 spiro atoms. The van der Waals surface area contributed by atoms with Gasteiger partial charge < -0.3 is 20.1 Å². The van der Waals surface area contributed by atoms with E-state index < -0.39 is 0 Å². The summed E-state index contributed by atoms with van der Waals surface area (Å²) in [5.41, 5.74) is 0.239. The summed E-state index contributed by atoms with van der Waals surface area (Å²) in [4.78, 5) is 7.04. The molecule has 3 fully saturated rings. The molecule has 7 heteroatoms. The molecule has 156 valence electrons. The van der Waals surface area contributed by atoms with Crippen molar-refractivity contribution in [2.45, 2.75) is 56.6 Å². The van der Waals surface area contributed by atoms with Crippen LogP contribution >= 0.6 is 11.8 Å². The number of nitrogens with zero attached hydrogens (tertiary/aromatic N) is 2. The van der Waals surface area contributed by atoms with Crippen LogP contribution in [0.2, 0.25) is 0 Å². The van der Waals surface area contributed by atoms with Crippen molar-refractivity contribution in [1.29, 1.82) is 0 Å². The summed E-state index contributed by atoms with van der Waals surface area (Å²) >= 11 is 2.07. The van der Waals surface area contributed by atoms with E-state index in [-0.39, 0.29) is 5.54 Å². The van der Waals surface area contributed by atoms with Gasteiger partial charge in [-0.15, -0.1) is 0 Å². The molecule has 0 amide bonds. The number of thioether (sulfide) groups is 1. The van der Waals surface area contributed by atoms with E-state index in [0.717, 1.165) is 52.0 Å². The van der Waals surface area contributed by atoms with Crippen LogP contribution in [0, 0.1) is 0 Å². The lowest BCUT2D eigenvalue weighted by atomic mass is 9.95. The highest BCUT2D eigenvalue weighted by atomic mass is 32.2. The standard InChI is InChI=1S/C20H38N4O2S/c1-21-19(22-9-12-26-18-6-4-2-3-5-7-18)23-16-20(8-15-27-17-20)24-10-13-25-14-11-24/h18H,2-17H2,1H3,(H2,21,22,23). The molecule has 0 bridgehead atoms. The van der Waals surface area contributed by atoms with E-state index in [0.29, 0.717) is 6.10 Å². The summed E-state index contributed by atoms with van der Waals surface area (Å²) in [6.45, 7) is 6.33. The number of hydrogen-bond donors (Lipinski definition) is 2. The number of ether oxygens (including phenoxy) is 2. The van der Waals surface area contributed by atoms with Gasteiger partial charge in [0.2, 0.25) is 0 Å². The lowest BCUT2D eigenvalue weighted by Gasteiger charge is -2.43. The predicted molar refractivity (Wildman–Crippen MR) is 114 cm³/mol. The first-order valence-electron chi connectivity index (χ1n) is 10.8. The fraction of sp³-hybridized carbons (Fsp3) is 0.950. The number of guanidine groups is 1. The maximum absolute atomic E-state index is 6.08. The molecule has 2 heterocycles. The Balaban J connectivity index is 1.38. The first-order chi connectivity index (χ1) is 13.3. The third kappa shape index (κ3) is 6.51. The van der Waals surface area contributed by atoms with E-state index in [1.165, 1.54) is 56.5 Å². The van der Waals surface area contributed by atoms with Crippen LogP contribution in [0.1, 0.15) is 44.9 Å². The summed E-state index contributed by atoms with van der Waals surface area (Å²) in [6, 6.07) is 0. The molecule has 6 nitrogen and oxygen atoms in total. The zero-order chi connectivity index (χ0) is 18.8. The summed E-state index contributed by atoms with van der Waals surface area (Å²) in [7, 11) is 1.85. The van der Waals surface area contributed by atoms with Gasteiger partial charge in [0.25, 0.3) is 0 Å². The highest BCUT2D eigenvalue weighted by Gasteiger charge is 2.40. The molecule has 3 aliphatic rings. The molecule has 2 N–H and O–H groups in total. The third-order valence-electron chi connectivity index (χ3n) is 6.12. The van der Waals surface area contributed by atoms with Gasteiger partial charge in [0.05, 0.1) is 25.9 Å². The van der Waals surface area contributed by atoms with Gasteiger partial charge in [0.15, 0.2) is 5.96 Å². The van der Waals surface area contributed by atoms with Crippen LogP contribution in [-0.2, 0) is 9.47 Å². The molecule has 1 atom stereocenters. The van der Waals surface area contributed by atoms with Crippen molar-refractivity contribution in [3.8, 4) is 0 Å². The van der Waals surface area contributed by atoms with E-state index >= 15 is 0 Å². The van der Waals surface area contributed by atoms with E-state index in [4.69, 9.17) is 9.47 Å². The zero-order valence-electron chi connectivity index (χ0n) is 17.0. The summed E-state index contributed by atoms with van der Waals surface area (Å²) in [6.07, 6.45) is 9.55. The topological polar surface area (TPSA) is 58.1 Å². The van der Waals surface area contributed by atoms with Crippen molar-refractivity contribution < 1.29 is 9.47 Å². The monoisotopic (exact) mass is 398 g/mol. The van der Waals surface area contributed by atoms with E-state index in [9.17, 15) is 0 Å². The molecule has 2 aliphatic heterocycles. The largest absolute Gasteiger partial charge is 0.379 e. The van der Waals surface area contributed by atoms with Crippen molar-refractivity contribution in [2.24, 2.45) is 4.99 Å². The Hall–Kier alpha value is -0.500. The Labute approximate surface area is 169 Å². The second kappa shape index (κ2) is 11.5. The predicted octanol–water partition coefficient (Wildman–Crippen LogP) is 2.10. The normalized spacial score (nSPS) is 28.9. The highest BCUT2D eigenvalue weighted by Crippen LogP contribution is 2.33. The first kappa shape index (κ1) is 21.2. The number of rotatable bonds is 7. The summed E-state index contributed by atoms with van der Waals surface area (Å²) in [5.74, 6) is 3.34. The fourth-order valence-electron chi connectivity index (χ4n) is 4.41. The van der Waals surface area contributed by atoms with Gasteiger partial charge in [-0.2, -0.15) is 11.8 Å². The van der Waals surface area contributed by atoms with Crippen LogP contribution in [0.4, 0.5) is 0 Å². The van der Waals surface area contributed by atoms with Gasteiger partial charge in [0, 0.05) is 44.5 Å². The Morgan fingerprint density at radius 3 is 2.63 bits per heavy atom. The molecule has 0 radical (unpaired) electrons. The second-order valence-electron chi connectivity index (χ2n) is 7.96. The molecule has 3 rings (SSSR count). The van der Waals surface area contributed by atoms with Gasteiger partial charge >= 0.3 is 0 Å². The van der Waals surface area contributed by atoms with Crippen molar-refractivity contribution in [3.63, 3.8) is 0 Å². The summed E-state index contributed by atoms with van der Waals surface area (Å²) < 4.78 is 11.6. The first-order valence-corrected chi connectivity index (χ1v) is 11.9. The van der Waals surface area contributed by atoms with Crippen LogP contribution < -0.4 is 10.6 Å². The van der Waals surface area contributed by atoms with Crippen LogP contribution in [0.15, 0.2) is 4.99 Å². The van der Waals surface area contributed by atoms with Gasteiger partial charge in [0.1, 0.15) is 0 Å².